The van der Waals surface area contributed by atoms with E-state index in [0.717, 1.165) is 37.7 Å². The largest absolute Gasteiger partial charge is 0.459 e. The Morgan fingerprint density at radius 3 is 2.81 bits per heavy atom. The number of anilines is 1. The van der Waals surface area contributed by atoms with E-state index in [2.05, 4.69) is 10.4 Å². The molecule has 140 valence electrons. The predicted octanol–water partition coefficient (Wildman–Crippen LogP) is 4.05. The van der Waals surface area contributed by atoms with E-state index in [1.54, 1.807) is 17.1 Å². The van der Waals surface area contributed by atoms with Crippen LogP contribution in [0.1, 0.15) is 71.2 Å². The van der Waals surface area contributed by atoms with Crippen LogP contribution in [0.3, 0.4) is 0 Å². The van der Waals surface area contributed by atoms with Gasteiger partial charge in [0.25, 0.3) is 5.91 Å². The number of aromatic nitrogens is 2. The topological polar surface area (TPSA) is 73.2 Å². The van der Waals surface area contributed by atoms with Gasteiger partial charge in [-0.15, -0.1) is 11.3 Å². The highest BCUT2D eigenvalue weighted by atomic mass is 32.1. The third-order valence-electron chi connectivity index (χ3n) is 4.71. The molecule has 2 aromatic heterocycles. The number of nitrogens with zero attached hydrogens (tertiary/aromatic N) is 2. The summed E-state index contributed by atoms with van der Waals surface area (Å²) in [6.45, 7) is 6.53. The number of hydrogen-bond donors (Lipinski definition) is 1. The lowest BCUT2D eigenvalue weighted by Crippen LogP contribution is -2.18. The molecular weight excluding hydrogens is 350 g/mol. The van der Waals surface area contributed by atoms with Crippen LogP contribution in [0.25, 0.3) is 0 Å². The molecule has 0 aliphatic heterocycles. The van der Waals surface area contributed by atoms with Gasteiger partial charge in [-0.3, -0.25) is 9.48 Å². The van der Waals surface area contributed by atoms with Crippen LogP contribution in [0, 0.1) is 0 Å². The Morgan fingerprint density at radius 1 is 1.35 bits per heavy atom. The SMILES string of the molecule is CC[C@H](C)OC(=O)c1c(NC(=O)c2cnn(CC)c2)sc2c1CCCC2. The second-order valence-corrected chi connectivity index (χ2v) is 7.68. The van der Waals surface area contributed by atoms with Crippen LogP contribution in [0.2, 0.25) is 0 Å². The van der Waals surface area contributed by atoms with Crippen LogP contribution >= 0.6 is 11.3 Å². The van der Waals surface area contributed by atoms with Gasteiger partial charge in [0.1, 0.15) is 5.00 Å². The molecule has 0 aromatic carbocycles. The Balaban J connectivity index is 1.89. The fraction of sp³-hybridized carbons (Fsp3) is 0.526. The Morgan fingerprint density at radius 2 is 2.12 bits per heavy atom. The first-order chi connectivity index (χ1) is 12.5. The second-order valence-electron chi connectivity index (χ2n) is 6.58. The van der Waals surface area contributed by atoms with Gasteiger partial charge in [-0.1, -0.05) is 6.92 Å². The fourth-order valence-corrected chi connectivity index (χ4v) is 4.30. The van der Waals surface area contributed by atoms with Crippen molar-refractivity contribution < 1.29 is 14.3 Å². The molecule has 2 heterocycles. The molecular formula is C19H25N3O3S. The van der Waals surface area contributed by atoms with Gasteiger partial charge in [-0.2, -0.15) is 5.10 Å². The van der Waals surface area contributed by atoms with E-state index in [1.807, 2.05) is 20.8 Å². The molecule has 3 rings (SSSR count). The van der Waals surface area contributed by atoms with E-state index < -0.39 is 0 Å². The minimum atomic E-state index is -0.335. The highest BCUT2D eigenvalue weighted by molar-refractivity contribution is 7.17. The van der Waals surface area contributed by atoms with Crippen LogP contribution in [-0.4, -0.2) is 27.8 Å². The molecule has 0 unspecified atom stereocenters. The number of carbonyl (C=O) groups is 2. The zero-order chi connectivity index (χ0) is 18.7. The molecule has 1 atom stereocenters. The van der Waals surface area contributed by atoms with E-state index in [4.69, 9.17) is 4.74 Å². The van der Waals surface area contributed by atoms with Crippen molar-refractivity contribution in [3.63, 3.8) is 0 Å². The normalized spacial score (nSPS) is 14.6. The Kier molecular flexibility index (Phi) is 5.76. The molecule has 0 saturated carbocycles. The van der Waals surface area contributed by atoms with Crippen molar-refractivity contribution in [1.82, 2.24) is 9.78 Å². The minimum absolute atomic E-state index is 0.145. The zero-order valence-corrected chi connectivity index (χ0v) is 16.3. The maximum absolute atomic E-state index is 12.8. The van der Waals surface area contributed by atoms with Gasteiger partial charge in [-0.05, 0) is 51.5 Å². The van der Waals surface area contributed by atoms with Crippen molar-refractivity contribution in [2.24, 2.45) is 0 Å². The summed E-state index contributed by atoms with van der Waals surface area (Å²) in [5.41, 5.74) is 2.08. The lowest BCUT2D eigenvalue weighted by molar-refractivity contribution is 0.0335. The summed E-state index contributed by atoms with van der Waals surface area (Å²) in [6.07, 6.45) is 7.86. The molecule has 0 bridgehead atoms. The van der Waals surface area contributed by atoms with E-state index in [-0.39, 0.29) is 18.0 Å². The highest BCUT2D eigenvalue weighted by Crippen LogP contribution is 2.39. The van der Waals surface area contributed by atoms with Crippen LogP contribution in [0.5, 0.6) is 0 Å². The molecule has 0 spiro atoms. The fourth-order valence-electron chi connectivity index (χ4n) is 3.02. The standard InChI is InChI=1S/C19H25N3O3S/c1-4-12(3)25-19(24)16-14-8-6-7-9-15(14)26-18(16)21-17(23)13-10-20-22(5-2)11-13/h10-12H,4-9H2,1-3H3,(H,21,23)/t12-/m0/s1. The van der Waals surface area contributed by atoms with Crippen molar-refractivity contribution in [3.05, 3.63) is 34.0 Å². The lowest BCUT2D eigenvalue weighted by Gasteiger charge is -2.15. The van der Waals surface area contributed by atoms with Gasteiger partial charge in [0.15, 0.2) is 0 Å². The number of fused-ring (bicyclic) bond motifs is 1. The number of carbonyl (C=O) groups excluding carboxylic acids is 2. The second kappa shape index (κ2) is 8.03. The van der Waals surface area contributed by atoms with Gasteiger partial charge in [-0.25, -0.2) is 4.79 Å². The third kappa shape index (κ3) is 3.82. The van der Waals surface area contributed by atoms with Crippen LogP contribution < -0.4 is 5.32 Å². The Bertz CT molecular complexity index is 809. The molecule has 7 heteroatoms. The molecule has 2 aromatic rings. The zero-order valence-electron chi connectivity index (χ0n) is 15.5. The quantitative estimate of drug-likeness (QED) is 0.773. The molecule has 0 radical (unpaired) electrons. The maximum Gasteiger partial charge on any atom is 0.341 e. The van der Waals surface area contributed by atoms with Crippen LogP contribution in [0.15, 0.2) is 12.4 Å². The Labute approximate surface area is 157 Å². The van der Waals surface area contributed by atoms with Crippen LogP contribution in [-0.2, 0) is 24.1 Å². The van der Waals surface area contributed by atoms with E-state index in [1.165, 1.54) is 16.2 Å². The van der Waals surface area contributed by atoms with E-state index in [9.17, 15) is 9.59 Å². The third-order valence-corrected chi connectivity index (χ3v) is 5.91. The number of nitrogens with one attached hydrogen (secondary N) is 1. The molecule has 6 nitrogen and oxygen atoms in total. The van der Waals surface area contributed by atoms with E-state index >= 15 is 0 Å². The average Bonchev–Trinajstić information content (AvgIpc) is 3.25. The first-order valence-corrected chi connectivity index (χ1v) is 10.0. The summed E-state index contributed by atoms with van der Waals surface area (Å²) in [5.74, 6) is -0.584. The van der Waals surface area contributed by atoms with Gasteiger partial charge >= 0.3 is 5.97 Å². The van der Waals surface area contributed by atoms with Crippen molar-refractivity contribution >= 4 is 28.2 Å². The highest BCUT2D eigenvalue weighted by Gasteiger charge is 2.28. The summed E-state index contributed by atoms with van der Waals surface area (Å²) in [5, 5.41) is 7.65. The number of aryl methyl sites for hydroxylation is 2. The summed E-state index contributed by atoms with van der Waals surface area (Å²) in [4.78, 5) is 26.5. The van der Waals surface area contributed by atoms with Gasteiger partial charge < -0.3 is 10.1 Å². The van der Waals surface area contributed by atoms with Gasteiger partial charge in [0.05, 0.1) is 23.4 Å². The number of ether oxygens (including phenoxy) is 1. The minimum Gasteiger partial charge on any atom is -0.459 e. The summed E-state index contributed by atoms with van der Waals surface area (Å²) in [7, 11) is 0. The number of hydrogen-bond acceptors (Lipinski definition) is 5. The van der Waals surface area contributed by atoms with Crippen molar-refractivity contribution in [2.75, 3.05) is 5.32 Å². The van der Waals surface area contributed by atoms with E-state index in [0.29, 0.717) is 22.7 Å². The number of rotatable bonds is 6. The molecule has 0 fully saturated rings. The molecule has 1 aliphatic carbocycles. The summed E-state index contributed by atoms with van der Waals surface area (Å²) < 4.78 is 7.26. The number of amides is 1. The predicted molar refractivity (Wildman–Crippen MR) is 102 cm³/mol. The smallest absolute Gasteiger partial charge is 0.341 e. The monoisotopic (exact) mass is 375 g/mol. The molecule has 26 heavy (non-hydrogen) atoms. The molecule has 0 saturated heterocycles. The number of esters is 1. The van der Waals surface area contributed by atoms with Crippen LogP contribution in [0.4, 0.5) is 5.00 Å². The van der Waals surface area contributed by atoms with Crippen molar-refractivity contribution in [1.29, 1.82) is 0 Å². The summed E-state index contributed by atoms with van der Waals surface area (Å²) in [6, 6.07) is 0. The van der Waals surface area contributed by atoms with Crippen molar-refractivity contribution in [3.8, 4) is 0 Å². The lowest BCUT2D eigenvalue weighted by atomic mass is 9.95. The first-order valence-electron chi connectivity index (χ1n) is 9.22. The maximum atomic E-state index is 12.8. The molecule has 1 N–H and O–H groups in total. The number of thiophene rings is 1. The molecule has 1 aliphatic rings. The first kappa shape index (κ1) is 18.6. The van der Waals surface area contributed by atoms with Gasteiger partial charge in [0, 0.05) is 17.6 Å². The van der Waals surface area contributed by atoms with Gasteiger partial charge in [0.2, 0.25) is 0 Å². The Hall–Kier alpha value is -2.15. The summed E-state index contributed by atoms with van der Waals surface area (Å²) >= 11 is 1.50. The van der Waals surface area contributed by atoms with Crippen molar-refractivity contribution in [2.45, 2.75) is 65.5 Å². The molecule has 1 amide bonds. The average molecular weight is 375 g/mol.